The van der Waals surface area contributed by atoms with Crippen molar-refractivity contribution in [3.05, 3.63) is 30.2 Å². The number of aliphatic hydroxyl groups is 2. The molecule has 0 saturated carbocycles. The molecule has 0 aliphatic heterocycles. The molecule has 1 aliphatic rings. The van der Waals surface area contributed by atoms with E-state index >= 15 is 0 Å². The summed E-state index contributed by atoms with van der Waals surface area (Å²) in [6.45, 7) is 1.88. The van der Waals surface area contributed by atoms with E-state index < -0.39 is 12.2 Å². The molecule has 6 heteroatoms. The molecule has 94 valence electrons. The average molecular weight is 246 g/mol. The van der Waals surface area contributed by atoms with Gasteiger partial charge in [0.2, 0.25) is 0 Å². The molecule has 6 nitrogen and oxygen atoms in total. The van der Waals surface area contributed by atoms with Crippen molar-refractivity contribution >= 4 is 16.9 Å². The summed E-state index contributed by atoms with van der Waals surface area (Å²) in [6.07, 6.45) is 3.15. The summed E-state index contributed by atoms with van der Waals surface area (Å²) < 4.78 is 1.82. The average Bonchev–Trinajstić information content (AvgIpc) is 2.84. The van der Waals surface area contributed by atoms with Gasteiger partial charge in [0, 0.05) is 6.20 Å². The molecule has 0 aromatic carbocycles. The number of anilines is 1. The number of nitrogens with two attached hydrogens (primary N) is 1. The van der Waals surface area contributed by atoms with Gasteiger partial charge in [-0.25, -0.2) is 9.97 Å². The lowest BCUT2D eigenvalue weighted by atomic mass is 10.1. The molecule has 3 unspecified atom stereocenters. The maximum Gasteiger partial charge on any atom is 0.146 e. The van der Waals surface area contributed by atoms with Crippen molar-refractivity contribution in [2.45, 2.75) is 25.2 Å². The number of aromatic nitrogens is 3. The van der Waals surface area contributed by atoms with Crippen LogP contribution in [0.3, 0.4) is 0 Å². The minimum atomic E-state index is -0.864. The van der Waals surface area contributed by atoms with E-state index in [0.717, 1.165) is 11.0 Å². The highest BCUT2D eigenvalue weighted by Gasteiger charge is 2.34. The molecule has 0 spiro atoms. The van der Waals surface area contributed by atoms with Crippen molar-refractivity contribution in [1.29, 1.82) is 0 Å². The van der Waals surface area contributed by atoms with Gasteiger partial charge in [0.25, 0.3) is 0 Å². The van der Waals surface area contributed by atoms with Crippen LogP contribution in [0.1, 0.15) is 13.0 Å². The van der Waals surface area contributed by atoms with Crippen LogP contribution in [0.5, 0.6) is 0 Å². The number of rotatable bonds is 1. The van der Waals surface area contributed by atoms with Crippen LogP contribution in [-0.4, -0.2) is 37.0 Å². The van der Waals surface area contributed by atoms with E-state index in [-0.39, 0.29) is 6.04 Å². The molecular formula is C12H14N4O2. The predicted octanol–water partition coefficient (Wildman–Crippen LogP) is 0.236. The monoisotopic (exact) mass is 246 g/mol. The van der Waals surface area contributed by atoms with Crippen molar-refractivity contribution in [3.63, 3.8) is 0 Å². The topological polar surface area (TPSA) is 97.2 Å². The van der Waals surface area contributed by atoms with Crippen LogP contribution in [0.2, 0.25) is 0 Å². The molecule has 4 N–H and O–H groups in total. The second kappa shape index (κ2) is 3.79. The Kier molecular flexibility index (Phi) is 2.36. The lowest BCUT2D eigenvalue weighted by molar-refractivity contribution is 0.0364. The van der Waals surface area contributed by atoms with Gasteiger partial charge in [-0.3, -0.25) is 0 Å². The first-order chi connectivity index (χ1) is 8.59. The van der Waals surface area contributed by atoms with Crippen LogP contribution in [0.4, 0.5) is 5.82 Å². The second-order valence-electron chi connectivity index (χ2n) is 4.56. The number of hydrogen-bond donors (Lipinski definition) is 3. The van der Waals surface area contributed by atoms with Crippen molar-refractivity contribution in [2.24, 2.45) is 0 Å². The number of aliphatic hydroxyl groups excluding tert-OH is 2. The molecule has 2 aromatic heterocycles. The first-order valence-electron chi connectivity index (χ1n) is 5.71. The van der Waals surface area contributed by atoms with Crippen molar-refractivity contribution in [3.8, 4) is 0 Å². The Morgan fingerprint density at radius 3 is 2.78 bits per heavy atom. The molecule has 3 atom stereocenters. The number of nitrogens with zero attached hydrogens (tertiary/aromatic N) is 3. The largest absolute Gasteiger partial charge is 0.388 e. The van der Waals surface area contributed by atoms with E-state index in [2.05, 4.69) is 9.97 Å². The molecule has 3 rings (SSSR count). The summed E-state index contributed by atoms with van der Waals surface area (Å²) in [5.74, 6) is 0.411. The van der Waals surface area contributed by atoms with E-state index in [1.807, 2.05) is 17.6 Å². The first-order valence-corrected chi connectivity index (χ1v) is 5.71. The van der Waals surface area contributed by atoms with E-state index in [4.69, 9.17) is 5.73 Å². The van der Waals surface area contributed by atoms with Crippen LogP contribution in [0.15, 0.2) is 30.2 Å². The molecular weight excluding hydrogens is 232 g/mol. The van der Waals surface area contributed by atoms with Gasteiger partial charge in [-0.2, -0.15) is 0 Å². The van der Waals surface area contributed by atoms with E-state index in [0.29, 0.717) is 11.5 Å². The number of nitrogen functional groups attached to an aromatic ring is 1. The molecule has 0 bridgehead atoms. The summed E-state index contributed by atoms with van der Waals surface area (Å²) in [7, 11) is 0. The van der Waals surface area contributed by atoms with Crippen molar-refractivity contribution in [2.75, 3.05) is 5.73 Å². The molecule has 18 heavy (non-hydrogen) atoms. The molecule has 2 heterocycles. The highest BCUT2D eigenvalue weighted by Crippen LogP contribution is 2.33. The zero-order chi connectivity index (χ0) is 12.9. The lowest BCUT2D eigenvalue weighted by Gasteiger charge is -2.21. The quantitative estimate of drug-likeness (QED) is 0.626. The normalized spacial score (nSPS) is 27.7. The van der Waals surface area contributed by atoms with Gasteiger partial charge in [0.15, 0.2) is 0 Å². The molecule has 2 aromatic rings. The van der Waals surface area contributed by atoms with Gasteiger partial charge < -0.3 is 20.5 Å². The van der Waals surface area contributed by atoms with E-state index in [1.54, 1.807) is 12.3 Å². The van der Waals surface area contributed by atoms with Gasteiger partial charge in [0.1, 0.15) is 30.0 Å². The van der Waals surface area contributed by atoms with E-state index in [9.17, 15) is 10.2 Å². The molecule has 1 aliphatic carbocycles. The van der Waals surface area contributed by atoms with Gasteiger partial charge in [0.05, 0.1) is 11.4 Å². The minimum Gasteiger partial charge on any atom is -0.388 e. The Bertz CT molecular complexity index is 634. The maximum atomic E-state index is 10.0. The standard InChI is InChI=1S/C12H14N4O2/c1-6-4-8(17)10(18)9(6)16-3-2-7-11(13)14-5-15-12(7)16/h2-5,8-10,17-18H,1H3,(H2,13,14,15). The molecule has 0 radical (unpaired) electrons. The third-order valence-electron chi connectivity index (χ3n) is 3.41. The molecule has 0 fully saturated rings. The Balaban J connectivity index is 2.16. The van der Waals surface area contributed by atoms with E-state index in [1.165, 1.54) is 6.33 Å². The fourth-order valence-corrected chi connectivity index (χ4v) is 2.52. The Hall–Kier alpha value is -1.92. The summed E-state index contributed by atoms with van der Waals surface area (Å²) in [6, 6.07) is 1.50. The summed E-state index contributed by atoms with van der Waals surface area (Å²) in [5.41, 5.74) is 7.34. The van der Waals surface area contributed by atoms with Crippen LogP contribution in [-0.2, 0) is 0 Å². The lowest BCUT2D eigenvalue weighted by Crippen LogP contribution is -2.28. The van der Waals surface area contributed by atoms with Gasteiger partial charge in [-0.15, -0.1) is 0 Å². The highest BCUT2D eigenvalue weighted by molar-refractivity contribution is 5.86. The van der Waals surface area contributed by atoms with Crippen LogP contribution in [0.25, 0.3) is 11.0 Å². The maximum absolute atomic E-state index is 10.0. The second-order valence-corrected chi connectivity index (χ2v) is 4.56. The first kappa shape index (κ1) is 11.2. The fraction of sp³-hybridized carbons (Fsp3) is 0.333. The SMILES string of the molecule is CC1=CC(O)C(O)C1n1ccc2c(N)ncnc21. The fourth-order valence-electron chi connectivity index (χ4n) is 2.52. The van der Waals surface area contributed by atoms with Gasteiger partial charge in [-0.05, 0) is 18.6 Å². The molecule has 0 amide bonds. The van der Waals surface area contributed by atoms with Gasteiger partial charge in [-0.1, -0.05) is 6.08 Å². The third-order valence-corrected chi connectivity index (χ3v) is 3.41. The zero-order valence-electron chi connectivity index (χ0n) is 9.85. The third kappa shape index (κ3) is 1.43. The summed E-state index contributed by atoms with van der Waals surface area (Å²) in [5, 5.41) is 20.4. The van der Waals surface area contributed by atoms with Crippen LogP contribution < -0.4 is 5.73 Å². The van der Waals surface area contributed by atoms with Crippen LogP contribution >= 0.6 is 0 Å². The van der Waals surface area contributed by atoms with Crippen molar-refractivity contribution < 1.29 is 10.2 Å². The predicted molar refractivity (Wildman–Crippen MR) is 66.7 cm³/mol. The summed E-state index contributed by atoms with van der Waals surface area (Å²) in [4.78, 5) is 8.12. The molecule has 0 saturated heterocycles. The van der Waals surface area contributed by atoms with Crippen LogP contribution in [0, 0.1) is 0 Å². The minimum absolute atomic E-state index is 0.313. The highest BCUT2D eigenvalue weighted by atomic mass is 16.3. The number of fused-ring (bicyclic) bond motifs is 1. The van der Waals surface area contributed by atoms with Gasteiger partial charge >= 0.3 is 0 Å². The Morgan fingerprint density at radius 1 is 1.33 bits per heavy atom. The summed E-state index contributed by atoms with van der Waals surface area (Å²) >= 11 is 0. The smallest absolute Gasteiger partial charge is 0.146 e. The zero-order valence-corrected chi connectivity index (χ0v) is 9.85. The Morgan fingerprint density at radius 2 is 2.11 bits per heavy atom. The number of hydrogen-bond acceptors (Lipinski definition) is 5. The van der Waals surface area contributed by atoms with Crippen molar-refractivity contribution in [1.82, 2.24) is 14.5 Å². The Labute approximate surface area is 103 Å².